The van der Waals surface area contributed by atoms with Gasteiger partial charge in [-0.05, 0) is 34.3 Å². The van der Waals surface area contributed by atoms with Crippen molar-refractivity contribution >= 4 is 56.0 Å². The van der Waals surface area contributed by atoms with Gasteiger partial charge in [0.2, 0.25) is 5.91 Å². The van der Waals surface area contributed by atoms with E-state index in [9.17, 15) is 19.5 Å². The Morgan fingerprint density at radius 3 is 2.70 bits per heavy atom. The third kappa shape index (κ3) is 4.17. The Balaban J connectivity index is 1.52. The first kappa shape index (κ1) is 20.4. The molecule has 1 saturated heterocycles. The molecular formula is C19H18BrN5O4S. The number of hydrogen-bond acceptors (Lipinski definition) is 5. The number of carbonyl (C=O) groups is 3. The van der Waals surface area contributed by atoms with Crippen molar-refractivity contribution in [2.24, 2.45) is 0 Å². The first-order valence-corrected chi connectivity index (χ1v) is 10.8. The highest BCUT2D eigenvalue weighted by molar-refractivity contribution is 9.11. The van der Waals surface area contributed by atoms with Crippen LogP contribution < -0.4 is 10.6 Å². The summed E-state index contributed by atoms with van der Waals surface area (Å²) in [6.07, 6.45) is 3.40. The van der Waals surface area contributed by atoms with Crippen LogP contribution in [0.2, 0.25) is 0 Å². The Labute approximate surface area is 183 Å². The van der Waals surface area contributed by atoms with Crippen LogP contribution in [0.5, 0.6) is 0 Å². The number of benzene rings is 1. The van der Waals surface area contributed by atoms with E-state index in [0.717, 1.165) is 8.75 Å². The van der Waals surface area contributed by atoms with Crippen molar-refractivity contribution in [1.29, 1.82) is 0 Å². The van der Waals surface area contributed by atoms with E-state index in [1.807, 2.05) is 6.20 Å². The molecule has 2 atom stereocenters. The Morgan fingerprint density at radius 1 is 1.23 bits per heavy atom. The minimum atomic E-state index is -1.30. The van der Waals surface area contributed by atoms with E-state index in [1.165, 1.54) is 16.2 Å². The number of carboxylic acid groups (broad SMARTS) is 1. The number of thiazole rings is 1. The standard InChI is InChI=1S/C19H18BrN5O4S/c20-13-9-24-10-14(22-18(24)30-13)21-16(26)12-7-4-8-25(12)17(27)15(23-19(28)29)11-5-2-1-3-6-11/h1-3,5-6,9-10,12,15,23H,4,7-8H2,(H,21,26)(H,28,29)/t12-,15+/m0/s1. The molecular weight excluding hydrogens is 474 g/mol. The molecule has 156 valence electrons. The monoisotopic (exact) mass is 491 g/mol. The molecule has 0 unspecified atom stereocenters. The number of rotatable bonds is 5. The molecule has 0 saturated carbocycles. The van der Waals surface area contributed by atoms with E-state index in [-0.39, 0.29) is 5.91 Å². The lowest BCUT2D eigenvalue weighted by molar-refractivity contribution is -0.138. The predicted molar refractivity (Wildman–Crippen MR) is 114 cm³/mol. The van der Waals surface area contributed by atoms with Gasteiger partial charge in [-0.25, -0.2) is 9.78 Å². The zero-order chi connectivity index (χ0) is 21.3. The van der Waals surface area contributed by atoms with Crippen molar-refractivity contribution < 1.29 is 19.5 Å². The smallest absolute Gasteiger partial charge is 0.405 e. The number of carbonyl (C=O) groups excluding carboxylic acids is 2. The number of hydrogen-bond donors (Lipinski definition) is 3. The van der Waals surface area contributed by atoms with Gasteiger partial charge in [0.05, 0.1) is 9.98 Å². The van der Waals surface area contributed by atoms with E-state index in [0.29, 0.717) is 30.8 Å². The topological polar surface area (TPSA) is 116 Å². The summed E-state index contributed by atoms with van der Waals surface area (Å²) in [6, 6.07) is 6.84. The van der Waals surface area contributed by atoms with Crippen molar-refractivity contribution in [3.05, 3.63) is 52.1 Å². The second-order valence-electron chi connectivity index (χ2n) is 6.82. The van der Waals surface area contributed by atoms with Gasteiger partial charge in [-0.15, -0.1) is 0 Å². The maximum atomic E-state index is 13.2. The highest BCUT2D eigenvalue weighted by atomic mass is 79.9. The highest BCUT2D eigenvalue weighted by Gasteiger charge is 2.38. The molecule has 9 nitrogen and oxygen atoms in total. The van der Waals surface area contributed by atoms with Crippen molar-refractivity contribution in [3.63, 3.8) is 0 Å². The van der Waals surface area contributed by atoms with Gasteiger partial charge < -0.3 is 20.6 Å². The molecule has 4 rings (SSSR count). The fourth-order valence-electron chi connectivity index (χ4n) is 3.56. The lowest BCUT2D eigenvalue weighted by Crippen LogP contribution is -2.48. The van der Waals surface area contributed by atoms with Crippen molar-refractivity contribution in [2.75, 3.05) is 11.9 Å². The third-order valence-corrected chi connectivity index (χ3v) is 6.34. The fourth-order valence-corrected chi connectivity index (χ4v) is 4.91. The molecule has 1 fully saturated rings. The summed E-state index contributed by atoms with van der Waals surface area (Å²) in [5.41, 5.74) is 0.524. The van der Waals surface area contributed by atoms with Gasteiger partial charge in [0, 0.05) is 12.7 Å². The Bertz CT molecular complexity index is 1070. The van der Waals surface area contributed by atoms with Gasteiger partial charge in [-0.2, -0.15) is 0 Å². The first-order valence-electron chi connectivity index (χ1n) is 9.22. The number of nitrogens with one attached hydrogen (secondary N) is 2. The van der Waals surface area contributed by atoms with Crippen molar-refractivity contribution in [3.8, 4) is 0 Å². The van der Waals surface area contributed by atoms with Crippen molar-refractivity contribution in [1.82, 2.24) is 19.6 Å². The average Bonchev–Trinajstić information content (AvgIpc) is 3.40. The zero-order valence-corrected chi connectivity index (χ0v) is 18.0. The number of fused-ring (bicyclic) bond motifs is 1. The van der Waals surface area contributed by atoms with Gasteiger partial charge in [0.1, 0.15) is 12.1 Å². The summed E-state index contributed by atoms with van der Waals surface area (Å²) in [5.74, 6) is -0.384. The summed E-state index contributed by atoms with van der Waals surface area (Å²) in [6.45, 7) is 0.382. The van der Waals surface area contributed by atoms with Crippen LogP contribution in [0.4, 0.5) is 10.6 Å². The number of imidazole rings is 1. The molecule has 1 aliphatic rings. The fraction of sp³-hybridized carbons (Fsp3) is 0.263. The summed E-state index contributed by atoms with van der Waals surface area (Å²) in [5, 5.41) is 14.3. The third-order valence-electron chi connectivity index (χ3n) is 4.87. The predicted octanol–water partition coefficient (Wildman–Crippen LogP) is 3.10. The molecule has 0 radical (unpaired) electrons. The largest absolute Gasteiger partial charge is 0.465 e. The van der Waals surface area contributed by atoms with Gasteiger partial charge in [-0.3, -0.25) is 14.0 Å². The molecule has 0 bridgehead atoms. The van der Waals surface area contributed by atoms with E-state index >= 15 is 0 Å². The van der Waals surface area contributed by atoms with Crippen LogP contribution in [0.15, 0.2) is 46.5 Å². The van der Waals surface area contributed by atoms with Crippen LogP contribution >= 0.6 is 27.3 Å². The lowest BCUT2D eigenvalue weighted by Gasteiger charge is -2.28. The van der Waals surface area contributed by atoms with E-state index in [1.54, 1.807) is 40.9 Å². The number of amides is 3. The molecule has 3 N–H and O–H groups in total. The number of anilines is 1. The summed E-state index contributed by atoms with van der Waals surface area (Å²) in [7, 11) is 0. The van der Waals surface area contributed by atoms with Crippen molar-refractivity contribution in [2.45, 2.75) is 24.9 Å². The molecule has 3 amide bonds. The molecule has 30 heavy (non-hydrogen) atoms. The Morgan fingerprint density at radius 2 is 2.00 bits per heavy atom. The quantitative estimate of drug-likeness (QED) is 0.506. The minimum Gasteiger partial charge on any atom is -0.465 e. The van der Waals surface area contributed by atoms with Gasteiger partial charge in [0.25, 0.3) is 5.91 Å². The summed E-state index contributed by atoms with van der Waals surface area (Å²) >= 11 is 4.82. The second kappa shape index (κ2) is 8.44. The second-order valence-corrected chi connectivity index (χ2v) is 9.21. The molecule has 3 heterocycles. The minimum absolute atomic E-state index is 0.340. The zero-order valence-electron chi connectivity index (χ0n) is 15.6. The van der Waals surface area contributed by atoms with E-state index in [2.05, 4.69) is 31.5 Å². The Kier molecular flexibility index (Phi) is 5.73. The maximum Gasteiger partial charge on any atom is 0.405 e. The van der Waals surface area contributed by atoms with Crippen LogP contribution in [-0.2, 0) is 9.59 Å². The molecule has 1 aliphatic heterocycles. The van der Waals surface area contributed by atoms with E-state index < -0.39 is 24.1 Å². The van der Waals surface area contributed by atoms with Crippen LogP contribution in [0, 0.1) is 0 Å². The van der Waals surface area contributed by atoms with E-state index in [4.69, 9.17) is 0 Å². The van der Waals surface area contributed by atoms with Crippen LogP contribution in [0.1, 0.15) is 24.4 Å². The molecule has 0 spiro atoms. The van der Waals surface area contributed by atoms with Gasteiger partial charge >= 0.3 is 6.09 Å². The highest BCUT2D eigenvalue weighted by Crippen LogP contribution is 2.27. The molecule has 0 aliphatic carbocycles. The van der Waals surface area contributed by atoms with Gasteiger partial charge in [0.15, 0.2) is 10.8 Å². The maximum absolute atomic E-state index is 13.2. The Hall–Kier alpha value is -2.92. The number of nitrogens with zero attached hydrogens (tertiary/aromatic N) is 3. The molecule has 11 heteroatoms. The van der Waals surface area contributed by atoms with Gasteiger partial charge in [-0.1, -0.05) is 41.7 Å². The van der Waals surface area contributed by atoms with Crippen LogP contribution in [0.25, 0.3) is 4.96 Å². The first-order chi connectivity index (χ1) is 14.4. The summed E-state index contributed by atoms with van der Waals surface area (Å²) < 4.78 is 2.72. The number of halogens is 1. The van der Waals surface area contributed by atoms with Crippen LogP contribution in [0.3, 0.4) is 0 Å². The molecule has 2 aromatic heterocycles. The molecule has 3 aromatic rings. The number of aromatic nitrogens is 2. The van der Waals surface area contributed by atoms with Crippen LogP contribution in [-0.4, -0.2) is 49.9 Å². The summed E-state index contributed by atoms with van der Waals surface area (Å²) in [4.78, 5) is 43.9. The number of likely N-dealkylation sites (tertiary alicyclic amines) is 1. The average molecular weight is 492 g/mol. The SMILES string of the molecule is O=C(O)N[C@@H](C(=O)N1CCC[C@H]1C(=O)Nc1cn2cc(Br)sc2n1)c1ccccc1. The molecule has 1 aromatic carbocycles. The normalized spacial score (nSPS) is 17.1. The lowest BCUT2D eigenvalue weighted by atomic mass is 10.1.